The Hall–Kier alpha value is -3.94. The molecular weight excluding hydrogens is 370 g/mol. The summed E-state index contributed by atoms with van der Waals surface area (Å²) in [5, 5.41) is 9.45. The van der Waals surface area contributed by atoms with Gasteiger partial charge in [0.2, 0.25) is 11.8 Å². The fourth-order valence-corrected chi connectivity index (χ4v) is 2.50. The van der Waals surface area contributed by atoms with Crippen LogP contribution in [0.15, 0.2) is 67.3 Å². The summed E-state index contributed by atoms with van der Waals surface area (Å²) in [5.41, 5.74) is 2.30. The number of hydrogen-bond donors (Lipinski definition) is 2. The van der Waals surface area contributed by atoms with E-state index in [1.165, 1.54) is 12.4 Å². The molecule has 148 valence electrons. The second-order valence-corrected chi connectivity index (χ2v) is 6.21. The number of ether oxygens (including phenoxy) is 1. The van der Waals surface area contributed by atoms with Gasteiger partial charge >= 0.3 is 0 Å². The summed E-state index contributed by atoms with van der Waals surface area (Å²) in [6.07, 6.45) is 6.09. The summed E-state index contributed by atoms with van der Waals surface area (Å²) >= 11 is 0. The van der Waals surface area contributed by atoms with Crippen LogP contribution in [0.3, 0.4) is 0 Å². The van der Waals surface area contributed by atoms with Crippen LogP contribution in [0.25, 0.3) is 11.8 Å². The van der Waals surface area contributed by atoms with E-state index < -0.39 is 6.04 Å². The van der Waals surface area contributed by atoms with Crippen LogP contribution >= 0.6 is 0 Å². The first-order valence-corrected chi connectivity index (χ1v) is 8.94. The van der Waals surface area contributed by atoms with E-state index in [1.807, 2.05) is 36.4 Å². The fraction of sp³-hybridized carbons (Fsp3) is 0.143. The highest BCUT2D eigenvalue weighted by Gasteiger charge is 2.14. The van der Waals surface area contributed by atoms with Crippen molar-refractivity contribution < 1.29 is 14.3 Å². The second-order valence-electron chi connectivity index (χ2n) is 6.21. The lowest BCUT2D eigenvalue weighted by Crippen LogP contribution is -2.40. The largest absolute Gasteiger partial charge is 0.497 e. The zero-order chi connectivity index (χ0) is 20.6. The standard InChI is InChI=1S/C21H21N5O3/c1-15(24-20(27)12-5-16-3-10-19(29-2)11-4-16)21(28)25-17-6-8-18(9-7-17)26-14-22-13-23-26/h3-15H,1-2H3,(H,24,27)(H,25,28)/b12-5+. The van der Waals surface area contributed by atoms with Gasteiger partial charge in [0.15, 0.2) is 0 Å². The van der Waals surface area contributed by atoms with Gasteiger partial charge < -0.3 is 15.4 Å². The molecule has 0 radical (unpaired) electrons. The molecule has 2 aromatic carbocycles. The molecule has 29 heavy (non-hydrogen) atoms. The third-order valence-corrected chi connectivity index (χ3v) is 4.11. The molecule has 3 rings (SSSR count). The van der Waals surface area contributed by atoms with E-state index in [9.17, 15) is 9.59 Å². The Balaban J connectivity index is 1.51. The topological polar surface area (TPSA) is 98.1 Å². The molecule has 0 fully saturated rings. The third kappa shape index (κ3) is 5.52. The van der Waals surface area contributed by atoms with E-state index in [2.05, 4.69) is 20.7 Å². The Bertz CT molecular complexity index is 980. The van der Waals surface area contributed by atoms with Crippen molar-refractivity contribution in [1.82, 2.24) is 20.1 Å². The van der Waals surface area contributed by atoms with Gasteiger partial charge in [-0.2, -0.15) is 5.10 Å². The highest BCUT2D eigenvalue weighted by atomic mass is 16.5. The number of benzene rings is 2. The molecule has 8 heteroatoms. The fourth-order valence-electron chi connectivity index (χ4n) is 2.50. The van der Waals surface area contributed by atoms with Crippen LogP contribution in [0, 0.1) is 0 Å². The van der Waals surface area contributed by atoms with Crippen molar-refractivity contribution in [2.45, 2.75) is 13.0 Å². The Labute approximate surface area is 168 Å². The molecule has 0 aliphatic carbocycles. The molecule has 0 bridgehead atoms. The zero-order valence-electron chi connectivity index (χ0n) is 16.1. The lowest BCUT2D eigenvalue weighted by atomic mass is 10.2. The molecule has 1 atom stereocenters. The highest BCUT2D eigenvalue weighted by Crippen LogP contribution is 2.13. The van der Waals surface area contributed by atoms with Crippen molar-refractivity contribution in [3.05, 3.63) is 72.8 Å². The number of nitrogens with zero attached hydrogens (tertiary/aromatic N) is 3. The summed E-state index contributed by atoms with van der Waals surface area (Å²) in [6.45, 7) is 1.62. The SMILES string of the molecule is COc1ccc(/C=C/C(=O)NC(C)C(=O)Nc2ccc(-n3cncn3)cc2)cc1. The zero-order valence-corrected chi connectivity index (χ0v) is 16.1. The van der Waals surface area contributed by atoms with Gasteiger partial charge in [0.05, 0.1) is 12.8 Å². The molecule has 0 saturated heterocycles. The van der Waals surface area contributed by atoms with Gasteiger partial charge in [-0.05, 0) is 55.0 Å². The van der Waals surface area contributed by atoms with Crippen LogP contribution in [0.5, 0.6) is 5.75 Å². The van der Waals surface area contributed by atoms with Crippen LogP contribution in [0.2, 0.25) is 0 Å². The van der Waals surface area contributed by atoms with E-state index in [4.69, 9.17) is 4.74 Å². The van der Waals surface area contributed by atoms with Crippen molar-refractivity contribution in [3.63, 3.8) is 0 Å². The van der Waals surface area contributed by atoms with E-state index >= 15 is 0 Å². The third-order valence-electron chi connectivity index (χ3n) is 4.11. The number of rotatable bonds is 7. The molecule has 3 aromatic rings. The second kappa shape index (κ2) is 9.32. The summed E-state index contributed by atoms with van der Waals surface area (Å²) in [6, 6.07) is 13.7. The number of carbonyl (C=O) groups excluding carboxylic acids is 2. The van der Waals surface area contributed by atoms with Crippen molar-refractivity contribution in [1.29, 1.82) is 0 Å². The maximum atomic E-state index is 12.3. The number of aromatic nitrogens is 3. The van der Waals surface area contributed by atoms with Gasteiger partial charge in [-0.1, -0.05) is 12.1 Å². The van der Waals surface area contributed by atoms with Crippen molar-refractivity contribution >= 4 is 23.6 Å². The molecule has 0 spiro atoms. The maximum absolute atomic E-state index is 12.3. The van der Waals surface area contributed by atoms with Gasteiger partial charge in [-0.25, -0.2) is 9.67 Å². The van der Waals surface area contributed by atoms with Gasteiger partial charge in [0.1, 0.15) is 24.4 Å². The monoisotopic (exact) mass is 391 g/mol. The lowest BCUT2D eigenvalue weighted by Gasteiger charge is -2.13. The van der Waals surface area contributed by atoms with Crippen molar-refractivity contribution in [3.8, 4) is 11.4 Å². The minimum Gasteiger partial charge on any atom is -0.497 e. The van der Waals surface area contributed by atoms with Crippen LogP contribution in [0.4, 0.5) is 5.69 Å². The maximum Gasteiger partial charge on any atom is 0.246 e. The average molecular weight is 391 g/mol. The smallest absolute Gasteiger partial charge is 0.246 e. The minimum atomic E-state index is -0.696. The molecule has 1 heterocycles. The molecule has 2 amide bonds. The minimum absolute atomic E-state index is 0.315. The van der Waals surface area contributed by atoms with E-state index in [1.54, 1.807) is 43.3 Å². The normalized spacial score (nSPS) is 11.8. The molecule has 8 nitrogen and oxygen atoms in total. The summed E-state index contributed by atoms with van der Waals surface area (Å²) < 4.78 is 6.71. The van der Waals surface area contributed by atoms with E-state index in [0.717, 1.165) is 17.0 Å². The number of carbonyl (C=O) groups is 2. The van der Waals surface area contributed by atoms with Crippen molar-refractivity contribution in [2.75, 3.05) is 12.4 Å². The van der Waals surface area contributed by atoms with Crippen LogP contribution < -0.4 is 15.4 Å². The van der Waals surface area contributed by atoms with E-state index in [0.29, 0.717) is 5.69 Å². The number of methoxy groups -OCH3 is 1. The van der Waals surface area contributed by atoms with Gasteiger partial charge in [-0.3, -0.25) is 9.59 Å². The van der Waals surface area contributed by atoms with Crippen LogP contribution in [-0.2, 0) is 9.59 Å². The van der Waals surface area contributed by atoms with Gasteiger partial charge in [0, 0.05) is 11.8 Å². The quantitative estimate of drug-likeness (QED) is 0.603. The lowest BCUT2D eigenvalue weighted by molar-refractivity contribution is -0.123. The average Bonchev–Trinajstić information content (AvgIpc) is 3.28. The summed E-state index contributed by atoms with van der Waals surface area (Å²) in [5.74, 6) is 0.0703. The number of amides is 2. The van der Waals surface area contributed by atoms with Gasteiger partial charge in [0.25, 0.3) is 0 Å². The Morgan fingerprint density at radius 1 is 1.10 bits per heavy atom. The molecule has 1 aromatic heterocycles. The van der Waals surface area contributed by atoms with Crippen LogP contribution in [-0.4, -0.2) is 39.7 Å². The Morgan fingerprint density at radius 2 is 1.83 bits per heavy atom. The predicted molar refractivity (Wildman–Crippen MR) is 110 cm³/mol. The molecule has 0 aliphatic rings. The van der Waals surface area contributed by atoms with Crippen LogP contribution in [0.1, 0.15) is 12.5 Å². The van der Waals surface area contributed by atoms with Crippen molar-refractivity contribution in [2.24, 2.45) is 0 Å². The Morgan fingerprint density at radius 3 is 2.45 bits per heavy atom. The molecule has 0 saturated carbocycles. The predicted octanol–water partition coefficient (Wildman–Crippen LogP) is 2.43. The summed E-state index contributed by atoms with van der Waals surface area (Å²) in [4.78, 5) is 28.3. The molecule has 1 unspecified atom stereocenters. The number of hydrogen-bond acceptors (Lipinski definition) is 5. The first-order valence-electron chi connectivity index (χ1n) is 8.94. The summed E-state index contributed by atoms with van der Waals surface area (Å²) in [7, 11) is 1.59. The first kappa shape index (κ1) is 19.8. The Kier molecular flexibility index (Phi) is 6.36. The molecular formula is C21H21N5O3. The number of anilines is 1. The molecule has 0 aliphatic heterocycles. The first-order chi connectivity index (χ1) is 14.0. The van der Waals surface area contributed by atoms with Gasteiger partial charge in [-0.15, -0.1) is 0 Å². The van der Waals surface area contributed by atoms with E-state index in [-0.39, 0.29) is 11.8 Å². The highest BCUT2D eigenvalue weighted by molar-refractivity contribution is 5.99. The molecule has 2 N–H and O–H groups in total. The number of nitrogens with one attached hydrogen (secondary N) is 2.